The molecule has 2 heterocycles. The van der Waals surface area contributed by atoms with E-state index >= 15 is 0 Å². The Morgan fingerprint density at radius 3 is 3.00 bits per heavy atom. The quantitative estimate of drug-likeness (QED) is 0.778. The molecule has 1 atom stereocenters. The molecule has 16 heavy (non-hydrogen) atoms. The molecule has 2 N–H and O–H groups in total. The molecule has 0 amide bonds. The summed E-state index contributed by atoms with van der Waals surface area (Å²) in [6.07, 6.45) is 5.60. The molecule has 0 radical (unpaired) electrons. The van der Waals surface area contributed by atoms with Crippen LogP contribution in [0.15, 0.2) is 30.6 Å². The van der Waals surface area contributed by atoms with Gasteiger partial charge in [-0.15, -0.1) is 0 Å². The first-order chi connectivity index (χ1) is 7.84. The van der Waals surface area contributed by atoms with Gasteiger partial charge in [0.2, 0.25) is 0 Å². The molecule has 2 aromatic heterocycles. The van der Waals surface area contributed by atoms with Crippen molar-refractivity contribution in [3.8, 4) is 0 Å². The molecule has 0 spiro atoms. The smallest absolute Gasteiger partial charge is 0.139 e. The van der Waals surface area contributed by atoms with Crippen molar-refractivity contribution in [3.63, 3.8) is 0 Å². The van der Waals surface area contributed by atoms with Crippen LogP contribution in [0.2, 0.25) is 0 Å². The number of hydrogen-bond donors (Lipinski definition) is 1. The van der Waals surface area contributed by atoms with Gasteiger partial charge in [-0.3, -0.25) is 4.98 Å². The molecule has 1 aliphatic rings. The fraction of sp³-hybridized carbons (Fsp3) is 0.250. The van der Waals surface area contributed by atoms with Gasteiger partial charge in [-0.2, -0.15) is 0 Å². The third kappa shape index (κ3) is 1.43. The van der Waals surface area contributed by atoms with E-state index in [1.807, 2.05) is 12.3 Å². The van der Waals surface area contributed by atoms with Gasteiger partial charge < -0.3 is 5.73 Å². The molecule has 0 aliphatic heterocycles. The average molecular weight is 212 g/mol. The van der Waals surface area contributed by atoms with Crippen LogP contribution in [0, 0.1) is 0 Å². The molecule has 80 valence electrons. The van der Waals surface area contributed by atoms with Crippen LogP contribution in [0.25, 0.3) is 0 Å². The zero-order valence-corrected chi connectivity index (χ0v) is 8.80. The molecule has 0 bridgehead atoms. The molecule has 0 fully saturated rings. The second-order valence-corrected chi connectivity index (χ2v) is 3.98. The minimum Gasteiger partial charge on any atom is -0.384 e. The predicted octanol–water partition coefficient (Wildman–Crippen LogP) is 1.53. The Morgan fingerprint density at radius 1 is 1.19 bits per heavy atom. The fourth-order valence-electron chi connectivity index (χ4n) is 2.22. The van der Waals surface area contributed by atoms with Crippen molar-refractivity contribution in [3.05, 3.63) is 47.7 Å². The highest BCUT2D eigenvalue weighted by Gasteiger charge is 2.27. The number of aryl methyl sites for hydroxylation is 1. The van der Waals surface area contributed by atoms with E-state index in [2.05, 4.69) is 21.0 Å². The van der Waals surface area contributed by atoms with E-state index in [0.717, 1.165) is 24.4 Å². The van der Waals surface area contributed by atoms with Gasteiger partial charge >= 0.3 is 0 Å². The zero-order valence-electron chi connectivity index (χ0n) is 8.80. The summed E-state index contributed by atoms with van der Waals surface area (Å²) in [6.45, 7) is 0. The molecule has 1 aliphatic carbocycles. The van der Waals surface area contributed by atoms with Gasteiger partial charge in [0, 0.05) is 12.4 Å². The van der Waals surface area contributed by atoms with Gasteiger partial charge in [-0.05, 0) is 30.5 Å². The first-order valence-corrected chi connectivity index (χ1v) is 5.37. The minimum absolute atomic E-state index is 0.208. The second kappa shape index (κ2) is 3.56. The largest absolute Gasteiger partial charge is 0.384 e. The fourth-order valence-corrected chi connectivity index (χ4v) is 2.22. The van der Waals surface area contributed by atoms with Crippen molar-refractivity contribution in [1.82, 2.24) is 15.0 Å². The van der Waals surface area contributed by atoms with Gasteiger partial charge in [-0.1, -0.05) is 6.07 Å². The summed E-state index contributed by atoms with van der Waals surface area (Å²) >= 11 is 0. The first kappa shape index (κ1) is 9.27. The molecule has 0 saturated carbocycles. The Kier molecular flexibility index (Phi) is 2.06. The molecule has 1 unspecified atom stereocenters. The predicted molar refractivity (Wildman–Crippen MR) is 60.8 cm³/mol. The lowest BCUT2D eigenvalue weighted by atomic mass is 10.1. The van der Waals surface area contributed by atoms with Gasteiger partial charge in [0.25, 0.3) is 0 Å². The molecule has 4 nitrogen and oxygen atoms in total. The zero-order chi connectivity index (χ0) is 11.0. The number of anilines is 1. The van der Waals surface area contributed by atoms with E-state index in [1.165, 1.54) is 5.56 Å². The van der Waals surface area contributed by atoms with Crippen LogP contribution in [0.4, 0.5) is 5.82 Å². The molecule has 2 aromatic rings. The Morgan fingerprint density at radius 2 is 2.12 bits per heavy atom. The minimum atomic E-state index is 0.208. The summed E-state index contributed by atoms with van der Waals surface area (Å²) in [7, 11) is 0. The van der Waals surface area contributed by atoms with Gasteiger partial charge in [-0.25, -0.2) is 9.97 Å². The monoisotopic (exact) mass is 212 g/mol. The molecule has 4 heteroatoms. The Hall–Kier alpha value is -1.97. The van der Waals surface area contributed by atoms with E-state index < -0.39 is 0 Å². The number of nitrogen functional groups attached to an aromatic ring is 1. The highest BCUT2D eigenvalue weighted by Crippen LogP contribution is 2.34. The standard InChI is InChI=1S/C12H12N4/c13-10-5-7-15-12(16-10)9-4-3-8-2-1-6-14-11(8)9/h1-2,5-7,9H,3-4H2,(H2,13,15,16). The van der Waals surface area contributed by atoms with Crippen LogP contribution < -0.4 is 5.73 Å². The maximum absolute atomic E-state index is 5.67. The highest BCUT2D eigenvalue weighted by molar-refractivity contribution is 5.35. The number of hydrogen-bond acceptors (Lipinski definition) is 4. The Bertz CT molecular complexity index is 524. The molecule has 3 rings (SSSR count). The Labute approximate surface area is 93.6 Å². The number of nitrogens with zero attached hydrogens (tertiary/aromatic N) is 3. The summed E-state index contributed by atoms with van der Waals surface area (Å²) < 4.78 is 0. The normalized spacial score (nSPS) is 18.4. The maximum Gasteiger partial charge on any atom is 0.139 e. The summed E-state index contributed by atoms with van der Waals surface area (Å²) in [5.41, 5.74) is 8.08. The molecular weight excluding hydrogens is 200 g/mol. The highest BCUT2D eigenvalue weighted by atomic mass is 14.9. The van der Waals surface area contributed by atoms with Gasteiger partial charge in [0.1, 0.15) is 11.6 Å². The van der Waals surface area contributed by atoms with Crippen LogP contribution in [0.1, 0.15) is 29.4 Å². The van der Waals surface area contributed by atoms with Crippen molar-refractivity contribution in [2.75, 3.05) is 5.73 Å². The van der Waals surface area contributed by atoms with E-state index in [-0.39, 0.29) is 5.92 Å². The summed E-state index contributed by atoms with van der Waals surface area (Å²) in [4.78, 5) is 13.0. The number of fused-ring (bicyclic) bond motifs is 1. The lowest BCUT2D eigenvalue weighted by molar-refractivity contribution is 0.716. The van der Waals surface area contributed by atoms with Gasteiger partial charge in [0.15, 0.2) is 0 Å². The molecule has 0 saturated heterocycles. The first-order valence-electron chi connectivity index (χ1n) is 5.37. The van der Waals surface area contributed by atoms with E-state index in [4.69, 9.17) is 5.73 Å². The Balaban J connectivity index is 2.05. The SMILES string of the molecule is Nc1ccnc(C2CCc3cccnc32)n1. The summed E-state index contributed by atoms with van der Waals surface area (Å²) in [5.74, 6) is 1.52. The van der Waals surface area contributed by atoms with Crippen LogP contribution >= 0.6 is 0 Å². The maximum atomic E-state index is 5.67. The van der Waals surface area contributed by atoms with Crippen LogP contribution in [-0.2, 0) is 6.42 Å². The number of aromatic nitrogens is 3. The van der Waals surface area contributed by atoms with Crippen molar-refractivity contribution < 1.29 is 0 Å². The summed E-state index contributed by atoms with van der Waals surface area (Å²) in [5, 5.41) is 0. The average Bonchev–Trinajstić information content (AvgIpc) is 2.72. The van der Waals surface area contributed by atoms with E-state index in [1.54, 1.807) is 12.3 Å². The van der Waals surface area contributed by atoms with E-state index in [0.29, 0.717) is 5.82 Å². The van der Waals surface area contributed by atoms with E-state index in [9.17, 15) is 0 Å². The number of nitrogens with two attached hydrogens (primary N) is 1. The lowest BCUT2D eigenvalue weighted by Crippen LogP contribution is -2.05. The molecular formula is C12H12N4. The third-order valence-corrected chi connectivity index (χ3v) is 2.97. The van der Waals surface area contributed by atoms with Gasteiger partial charge in [0.05, 0.1) is 11.6 Å². The summed E-state index contributed by atoms with van der Waals surface area (Å²) in [6, 6.07) is 5.80. The molecule has 0 aromatic carbocycles. The van der Waals surface area contributed by atoms with Crippen molar-refractivity contribution in [2.24, 2.45) is 0 Å². The lowest BCUT2D eigenvalue weighted by Gasteiger charge is -2.08. The third-order valence-electron chi connectivity index (χ3n) is 2.97. The van der Waals surface area contributed by atoms with Crippen molar-refractivity contribution >= 4 is 5.82 Å². The van der Waals surface area contributed by atoms with Crippen LogP contribution in [-0.4, -0.2) is 15.0 Å². The van der Waals surface area contributed by atoms with Crippen LogP contribution in [0.5, 0.6) is 0 Å². The van der Waals surface area contributed by atoms with Crippen LogP contribution in [0.3, 0.4) is 0 Å². The topological polar surface area (TPSA) is 64.7 Å². The van der Waals surface area contributed by atoms with Crippen molar-refractivity contribution in [1.29, 1.82) is 0 Å². The number of rotatable bonds is 1. The second-order valence-electron chi connectivity index (χ2n) is 3.98. The van der Waals surface area contributed by atoms with Crippen molar-refractivity contribution in [2.45, 2.75) is 18.8 Å². The number of pyridine rings is 1.